The topological polar surface area (TPSA) is 80.8 Å². The number of fused-ring (bicyclic) bond motifs is 1. The number of aldehydes is 1. The van der Waals surface area contributed by atoms with Crippen LogP contribution in [0.4, 0.5) is 0 Å². The highest BCUT2D eigenvalue weighted by atomic mass is 16.5. The van der Waals surface area contributed by atoms with Crippen LogP contribution >= 0.6 is 0 Å². The van der Waals surface area contributed by atoms with E-state index in [-0.39, 0.29) is 13.2 Å². The van der Waals surface area contributed by atoms with E-state index in [4.69, 9.17) is 4.74 Å². The monoisotopic (exact) mass is 273 g/mol. The van der Waals surface area contributed by atoms with Crippen molar-refractivity contribution in [3.05, 3.63) is 47.5 Å². The van der Waals surface area contributed by atoms with Gasteiger partial charge in [-0.3, -0.25) is 19.3 Å². The summed E-state index contributed by atoms with van der Waals surface area (Å²) in [6.45, 7) is -0.138. The van der Waals surface area contributed by atoms with Gasteiger partial charge in [-0.15, -0.1) is 0 Å². The van der Waals surface area contributed by atoms with Crippen LogP contribution in [-0.2, 0) is 14.3 Å². The van der Waals surface area contributed by atoms with Crippen LogP contribution in [0.3, 0.4) is 0 Å². The zero-order valence-electron chi connectivity index (χ0n) is 10.4. The van der Waals surface area contributed by atoms with Crippen LogP contribution in [0.15, 0.2) is 36.4 Å². The third-order valence-corrected chi connectivity index (χ3v) is 2.75. The number of ether oxygens (including phenoxy) is 1. The summed E-state index contributed by atoms with van der Waals surface area (Å²) in [6.07, 6.45) is 2.42. The van der Waals surface area contributed by atoms with E-state index in [9.17, 15) is 19.2 Å². The van der Waals surface area contributed by atoms with E-state index in [0.717, 1.165) is 17.1 Å². The van der Waals surface area contributed by atoms with Crippen molar-refractivity contribution >= 4 is 24.1 Å². The van der Waals surface area contributed by atoms with Crippen LogP contribution in [0.25, 0.3) is 0 Å². The van der Waals surface area contributed by atoms with Crippen molar-refractivity contribution < 1.29 is 23.9 Å². The number of rotatable bonds is 5. The highest BCUT2D eigenvalue weighted by molar-refractivity contribution is 6.21. The lowest BCUT2D eigenvalue weighted by molar-refractivity contribution is -0.138. The predicted molar refractivity (Wildman–Crippen MR) is 68.0 cm³/mol. The molecule has 0 spiro atoms. The number of carbonyl (C=O) groups excluding carboxylic acids is 4. The molecule has 1 aromatic carbocycles. The molecule has 1 aromatic rings. The highest BCUT2D eigenvalue weighted by Gasteiger charge is 2.34. The maximum atomic E-state index is 12.0. The standard InChI is InChI=1S/C14H11NO5/c16-8-3-6-12(17)20-9-7-15-13(18)10-4-1-2-5-11(10)14(15)19/h1-6,8H,7,9H2/b6-3+. The number of esters is 1. The fourth-order valence-electron chi connectivity index (χ4n) is 1.85. The number of amides is 2. The van der Waals surface area contributed by atoms with Gasteiger partial charge in [-0.2, -0.15) is 0 Å². The van der Waals surface area contributed by atoms with Crippen molar-refractivity contribution in [2.45, 2.75) is 0 Å². The number of allylic oxidation sites excluding steroid dienone is 1. The van der Waals surface area contributed by atoms with E-state index >= 15 is 0 Å². The molecule has 0 aromatic heterocycles. The molecule has 0 radical (unpaired) electrons. The smallest absolute Gasteiger partial charge is 0.330 e. The second kappa shape index (κ2) is 5.92. The van der Waals surface area contributed by atoms with Gasteiger partial charge in [-0.05, 0) is 18.2 Å². The minimum atomic E-state index is -0.700. The van der Waals surface area contributed by atoms with Crippen molar-refractivity contribution in [3.8, 4) is 0 Å². The molecule has 2 rings (SSSR count). The molecule has 0 saturated carbocycles. The quantitative estimate of drug-likeness (QED) is 0.339. The molecule has 6 nitrogen and oxygen atoms in total. The molecule has 102 valence electrons. The maximum absolute atomic E-state index is 12.0. The molecule has 6 heteroatoms. The maximum Gasteiger partial charge on any atom is 0.330 e. The van der Waals surface area contributed by atoms with E-state index in [1.807, 2.05) is 0 Å². The summed E-state index contributed by atoms with van der Waals surface area (Å²) < 4.78 is 4.77. The Morgan fingerprint density at radius 2 is 1.75 bits per heavy atom. The zero-order chi connectivity index (χ0) is 14.5. The number of benzene rings is 1. The molecule has 0 saturated heterocycles. The first-order chi connectivity index (χ1) is 9.65. The van der Waals surface area contributed by atoms with Gasteiger partial charge in [0.15, 0.2) is 0 Å². The first-order valence-electron chi connectivity index (χ1n) is 5.89. The zero-order valence-corrected chi connectivity index (χ0v) is 10.4. The Kier molecular flexibility index (Phi) is 4.05. The van der Waals surface area contributed by atoms with E-state index in [1.54, 1.807) is 24.3 Å². The minimum Gasteiger partial charge on any atom is -0.461 e. The fourth-order valence-corrected chi connectivity index (χ4v) is 1.85. The van der Waals surface area contributed by atoms with Crippen LogP contribution in [0, 0.1) is 0 Å². The van der Waals surface area contributed by atoms with Crippen LogP contribution in [0.5, 0.6) is 0 Å². The van der Waals surface area contributed by atoms with E-state index in [0.29, 0.717) is 17.4 Å². The summed E-state index contributed by atoms with van der Waals surface area (Å²) in [4.78, 5) is 46.1. The molecule has 0 unspecified atom stereocenters. The minimum absolute atomic E-state index is 0.0208. The third kappa shape index (κ3) is 2.64. The predicted octanol–water partition coefficient (Wildman–Crippen LogP) is 0.581. The lowest BCUT2D eigenvalue weighted by atomic mass is 10.1. The lowest BCUT2D eigenvalue weighted by Crippen LogP contribution is -2.33. The first-order valence-corrected chi connectivity index (χ1v) is 5.89. The van der Waals surface area contributed by atoms with Gasteiger partial charge >= 0.3 is 5.97 Å². The average Bonchev–Trinajstić information content (AvgIpc) is 2.70. The van der Waals surface area contributed by atoms with Crippen LogP contribution in [-0.4, -0.2) is 42.1 Å². The molecule has 1 aliphatic rings. The van der Waals surface area contributed by atoms with Gasteiger partial charge in [0.25, 0.3) is 11.8 Å². The van der Waals surface area contributed by atoms with E-state index in [1.165, 1.54) is 0 Å². The van der Waals surface area contributed by atoms with Gasteiger partial charge in [-0.1, -0.05) is 12.1 Å². The molecular weight excluding hydrogens is 262 g/mol. The molecule has 0 aliphatic carbocycles. The number of hydrogen-bond donors (Lipinski definition) is 0. The number of hydrogen-bond acceptors (Lipinski definition) is 5. The molecule has 2 amide bonds. The summed E-state index contributed by atoms with van der Waals surface area (Å²) in [5, 5.41) is 0. The molecule has 1 heterocycles. The molecule has 0 bridgehead atoms. The summed E-state index contributed by atoms with van der Waals surface area (Å²) >= 11 is 0. The normalized spacial score (nSPS) is 13.7. The largest absolute Gasteiger partial charge is 0.461 e. The van der Waals surface area contributed by atoms with Gasteiger partial charge in [0.2, 0.25) is 0 Å². The van der Waals surface area contributed by atoms with Gasteiger partial charge in [0.1, 0.15) is 12.9 Å². The molecule has 20 heavy (non-hydrogen) atoms. The van der Waals surface area contributed by atoms with Crippen molar-refractivity contribution in [2.75, 3.05) is 13.2 Å². The summed E-state index contributed by atoms with van der Waals surface area (Å²) in [7, 11) is 0. The van der Waals surface area contributed by atoms with Gasteiger partial charge in [-0.25, -0.2) is 4.79 Å². The third-order valence-electron chi connectivity index (χ3n) is 2.75. The van der Waals surface area contributed by atoms with Gasteiger partial charge in [0, 0.05) is 6.08 Å². The average molecular weight is 273 g/mol. The Morgan fingerprint density at radius 1 is 1.15 bits per heavy atom. The van der Waals surface area contributed by atoms with E-state index < -0.39 is 17.8 Å². The molecule has 0 N–H and O–H groups in total. The number of nitrogens with zero attached hydrogens (tertiary/aromatic N) is 1. The SMILES string of the molecule is O=C/C=C/C(=O)OCCN1C(=O)c2ccccc2C1=O. The van der Waals surface area contributed by atoms with Crippen LogP contribution < -0.4 is 0 Å². The Balaban J connectivity index is 1.94. The molecular formula is C14H11NO5. The first kappa shape index (κ1) is 13.7. The molecule has 0 fully saturated rings. The molecule has 0 atom stereocenters. The second-order valence-electron chi connectivity index (χ2n) is 3.97. The second-order valence-corrected chi connectivity index (χ2v) is 3.97. The van der Waals surface area contributed by atoms with Crippen LogP contribution in [0.2, 0.25) is 0 Å². The van der Waals surface area contributed by atoms with Gasteiger partial charge in [0.05, 0.1) is 17.7 Å². The number of imide groups is 1. The Morgan fingerprint density at radius 3 is 2.30 bits per heavy atom. The summed E-state index contributed by atoms with van der Waals surface area (Å²) in [5.74, 6) is -1.50. The fraction of sp³-hybridized carbons (Fsp3) is 0.143. The van der Waals surface area contributed by atoms with Crippen molar-refractivity contribution in [3.63, 3.8) is 0 Å². The Hall–Kier alpha value is -2.76. The van der Waals surface area contributed by atoms with E-state index in [2.05, 4.69) is 0 Å². The number of carbonyl (C=O) groups is 4. The van der Waals surface area contributed by atoms with Gasteiger partial charge < -0.3 is 4.74 Å². The lowest BCUT2D eigenvalue weighted by Gasteiger charge is -2.13. The van der Waals surface area contributed by atoms with Crippen molar-refractivity contribution in [1.29, 1.82) is 0 Å². The van der Waals surface area contributed by atoms with Crippen LogP contribution in [0.1, 0.15) is 20.7 Å². The Bertz CT molecular complexity index is 570. The summed E-state index contributed by atoms with van der Waals surface area (Å²) in [6, 6.07) is 6.51. The highest BCUT2D eigenvalue weighted by Crippen LogP contribution is 2.21. The molecule has 1 aliphatic heterocycles. The summed E-state index contributed by atoms with van der Waals surface area (Å²) in [5.41, 5.74) is 0.703. The van der Waals surface area contributed by atoms with Crippen molar-refractivity contribution in [2.24, 2.45) is 0 Å². The van der Waals surface area contributed by atoms with Crippen molar-refractivity contribution in [1.82, 2.24) is 4.90 Å². The Labute approximate surface area is 114 Å².